The first-order chi connectivity index (χ1) is 9.29. The predicted octanol–water partition coefficient (Wildman–Crippen LogP) is 0.407. The van der Waals surface area contributed by atoms with E-state index in [1.807, 2.05) is 18.9 Å². The molecule has 112 valence electrons. The topological polar surface area (TPSA) is 119 Å². The molecule has 0 amide bonds. The van der Waals surface area contributed by atoms with Crippen molar-refractivity contribution in [3.63, 3.8) is 0 Å². The summed E-state index contributed by atoms with van der Waals surface area (Å²) in [6.45, 7) is 3.39. The molecule has 0 saturated carbocycles. The van der Waals surface area contributed by atoms with Gasteiger partial charge in [0.25, 0.3) is 0 Å². The van der Waals surface area contributed by atoms with E-state index in [1.54, 1.807) is 0 Å². The van der Waals surface area contributed by atoms with Crippen LogP contribution in [0.25, 0.3) is 0 Å². The third-order valence-corrected chi connectivity index (χ3v) is 4.32. The summed E-state index contributed by atoms with van der Waals surface area (Å²) >= 11 is 0. The number of likely N-dealkylation sites (N-methyl/N-ethyl adjacent to an activating group) is 1. The van der Waals surface area contributed by atoms with E-state index in [0.29, 0.717) is 6.54 Å². The van der Waals surface area contributed by atoms with Gasteiger partial charge in [-0.05, 0) is 25.7 Å². The summed E-state index contributed by atoms with van der Waals surface area (Å²) in [5, 5.41) is 10.9. The fraction of sp³-hybridized carbons (Fsp3) is 0.455. The number of nitrogens with one attached hydrogen (secondary N) is 1. The monoisotopic (exact) mass is 302 g/mol. The lowest BCUT2D eigenvalue weighted by molar-refractivity contribution is -0.386. The number of rotatable bonds is 7. The highest BCUT2D eigenvalue weighted by Gasteiger charge is 2.27. The Balaban J connectivity index is 2.99. The van der Waals surface area contributed by atoms with Crippen LogP contribution in [0.5, 0.6) is 0 Å². The highest BCUT2D eigenvalue weighted by Crippen LogP contribution is 2.29. The molecule has 0 radical (unpaired) electrons. The van der Waals surface area contributed by atoms with Crippen molar-refractivity contribution in [2.45, 2.75) is 11.8 Å². The molecule has 9 heteroatoms. The molecule has 0 atom stereocenters. The molecule has 0 heterocycles. The fourth-order valence-corrected chi connectivity index (χ4v) is 2.78. The lowest BCUT2D eigenvalue weighted by Crippen LogP contribution is -2.33. The Hall–Kier alpha value is -1.71. The van der Waals surface area contributed by atoms with E-state index < -0.39 is 25.5 Å². The summed E-state index contributed by atoms with van der Waals surface area (Å²) in [6, 6.07) is 3.83. The number of sulfonamides is 1. The second-order valence-corrected chi connectivity index (χ2v) is 5.98. The van der Waals surface area contributed by atoms with Crippen molar-refractivity contribution < 1.29 is 13.3 Å². The summed E-state index contributed by atoms with van der Waals surface area (Å²) in [5.74, 6) is 0. The molecule has 1 aromatic rings. The van der Waals surface area contributed by atoms with Crippen LogP contribution in [-0.2, 0) is 10.0 Å². The van der Waals surface area contributed by atoms with E-state index in [2.05, 4.69) is 4.72 Å². The lowest BCUT2D eigenvalue weighted by atomic mass is 10.3. The Morgan fingerprint density at radius 3 is 2.65 bits per heavy atom. The number of nitrogen functional groups attached to an aromatic ring is 1. The van der Waals surface area contributed by atoms with Crippen molar-refractivity contribution in [2.24, 2.45) is 0 Å². The van der Waals surface area contributed by atoms with E-state index in [1.165, 1.54) is 18.2 Å². The molecule has 0 bridgehead atoms. The maximum Gasteiger partial charge on any atom is 0.312 e. The number of benzene rings is 1. The molecule has 0 spiro atoms. The minimum Gasteiger partial charge on any atom is -0.393 e. The van der Waals surface area contributed by atoms with Crippen LogP contribution >= 0.6 is 0 Å². The van der Waals surface area contributed by atoms with Gasteiger partial charge in [0.1, 0.15) is 5.69 Å². The molecule has 20 heavy (non-hydrogen) atoms. The number of nitro benzene ring substituents is 1. The molecule has 1 aromatic carbocycles. The predicted molar refractivity (Wildman–Crippen MR) is 75.9 cm³/mol. The minimum absolute atomic E-state index is 0.165. The van der Waals surface area contributed by atoms with E-state index in [0.717, 1.165) is 6.54 Å². The van der Waals surface area contributed by atoms with Crippen molar-refractivity contribution in [3.8, 4) is 0 Å². The second kappa shape index (κ2) is 6.64. The second-order valence-electron chi connectivity index (χ2n) is 4.24. The van der Waals surface area contributed by atoms with Gasteiger partial charge in [0, 0.05) is 13.1 Å². The van der Waals surface area contributed by atoms with E-state index in [9.17, 15) is 18.5 Å². The fourth-order valence-electron chi connectivity index (χ4n) is 1.56. The Morgan fingerprint density at radius 2 is 2.10 bits per heavy atom. The number of anilines is 1. The Bertz CT molecular complexity index is 588. The molecule has 8 nitrogen and oxygen atoms in total. The lowest BCUT2D eigenvalue weighted by Gasteiger charge is -2.14. The van der Waals surface area contributed by atoms with Gasteiger partial charge in [0.05, 0.1) is 4.92 Å². The molecule has 0 aliphatic carbocycles. The summed E-state index contributed by atoms with van der Waals surface area (Å²) < 4.78 is 26.5. The van der Waals surface area contributed by atoms with Gasteiger partial charge in [0.2, 0.25) is 10.0 Å². The van der Waals surface area contributed by atoms with Gasteiger partial charge >= 0.3 is 5.69 Å². The van der Waals surface area contributed by atoms with Crippen molar-refractivity contribution in [1.82, 2.24) is 9.62 Å². The van der Waals surface area contributed by atoms with Crippen molar-refractivity contribution in [3.05, 3.63) is 28.3 Å². The first-order valence-corrected chi connectivity index (χ1v) is 7.49. The first kappa shape index (κ1) is 16.3. The molecule has 0 fully saturated rings. The van der Waals surface area contributed by atoms with Crippen molar-refractivity contribution >= 4 is 21.4 Å². The number of nitrogens with zero attached hydrogens (tertiary/aromatic N) is 2. The van der Waals surface area contributed by atoms with Gasteiger partial charge in [-0.25, -0.2) is 13.1 Å². The summed E-state index contributed by atoms with van der Waals surface area (Å²) in [6.07, 6.45) is 0. The van der Waals surface area contributed by atoms with E-state index in [4.69, 9.17) is 5.73 Å². The molecule has 0 aliphatic heterocycles. The molecule has 0 aromatic heterocycles. The highest BCUT2D eigenvalue weighted by atomic mass is 32.2. The molecular weight excluding hydrogens is 284 g/mol. The Morgan fingerprint density at radius 1 is 1.45 bits per heavy atom. The van der Waals surface area contributed by atoms with Crippen LogP contribution in [0.2, 0.25) is 0 Å². The third kappa shape index (κ3) is 3.89. The number of nitro groups is 1. The number of hydrogen-bond acceptors (Lipinski definition) is 6. The standard InChI is InChI=1S/C11H18N4O4S/c1-3-14(2)8-7-13-20(18,19)10-6-4-5-9(12)11(10)15(16)17/h4-6,13H,3,7-8,12H2,1-2H3. The van der Waals surface area contributed by atoms with Crippen LogP contribution in [0.1, 0.15) is 6.92 Å². The van der Waals surface area contributed by atoms with Crippen molar-refractivity contribution in [2.75, 3.05) is 32.4 Å². The van der Waals surface area contributed by atoms with E-state index >= 15 is 0 Å². The molecule has 3 N–H and O–H groups in total. The maximum atomic E-state index is 12.1. The van der Waals surface area contributed by atoms with Gasteiger partial charge in [-0.3, -0.25) is 10.1 Å². The smallest absolute Gasteiger partial charge is 0.312 e. The molecule has 0 saturated heterocycles. The largest absolute Gasteiger partial charge is 0.393 e. The zero-order chi connectivity index (χ0) is 15.3. The quantitative estimate of drug-likeness (QED) is 0.428. The average Bonchev–Trinajstić information content (AvgIpc) is 2.37. The van der Waals surface area contributed by atoms with Crippen LogP contribution in [0.15, 0.2) is 23.1 Å². The number of nitrogens with two attached hydrogens (primary N) is 1. The number of hydrogen-bond donors (Lipinski definition) is 2. The first-order valence-electron chi connectivity index (χ1n) is 6.00. The number of para-hydroxylation sites is 1. The third-order valence-electron chi connectivity index (χ3n) is 2.83. The Kier molecular flexibility index (Phi) is 5.43. The van der Waals surface area contributed by atoms with Gasteiger partial charge in [-0.2, -0.15) is 0 Å². The minimum atomic E-state index is -3.96. The van der Waals surface area contributed by atoms with Gasteiger partial charge in [-0.1, -0.05) is 13.0 Å². The summed E-state index contributed by atoms with van der Waals surface area (Å²) in [4.78, 5) is 11.7. The molecule has 0 aliphatic rings. The van der Waals surface area contributed by atoms with Crippen LogP contribution < -0.4 is 10.5 Å². The van der Waals surface area contributed by atoms with Crippen LogP contribution in [0, 0.1) is 10.1 Å². The van der Waals surface area contributed by atoms with Gasteiger partial charge in [-0.15, -0.1) is 0 Å². The molecule has 1 rings (SSSR count). The Labute approximate surface area is 117 Å². The molecule has 0 unspecified atom stereocenters. The SMILES string of the molecule is CCN(C)CCNS(=O)(=O)c1cccc(N)c1[N+](=O)[O-]. The van der Waals surface area contributed by atoms with Gasteiger partial charge < -0.3 is 10.6 Å². The summed E-state index contributed by atoms with van der Waals surface area (Å²) in [5.41, 5.74) is 4.70. The van der Waals surface area contributed by atoms with Crippen LogP contribution in [0.3, 0.4) is 0 Å². The summed E-state index contributed by atoms with van der Waals surface area (Å²) in [7, 11) is -2.12. The van der Waals surface area contributed by atoms with E-state index in [-0.39, 0.29) is 12.2 Å². The highest BCUT2D eigenvalue weighted by molar-refractivity contribution is 7.89. The molecular formula is C11H18N4O4S. The van der Waals surface area contributed by atoms with Gasteiger partial charge in [0.15, 0.2) is 4.90 Å². The zero-order valence-electron chi connectivity index (χ0n) is 11.4. The van der Waals surface area contributed by atoms with Crippen LogP contribution in [-0.4, -0.2) is 44.9 Å². The zero-order valence-corrected chi connectivity index (χ0v) is 12.2. The maximum absolute atomic E-state index is 12.1. The van der Waals surface area contributed by atoms with Crippen molar-refractivity contribution in [1.29, 1.82) is 0 Å². The van der Waals surface area contributed by atoms with Crippen LogP contribution in [0.4, 0.5) is 11.4 Å². The average molecular weight is 302 g/mol. The normalized spacial score (nSPS) is 11.8.